The number of carbonyl (C=O) groups is 2. The number of hydrogen-bond donors (Lipinski definition) is 0. The molecule has 25 heavy (non-hydrogen) atoms. The van der Waals surface area contributed by atoms with Crippen LogP contribution in [0.5, 0.6) is 11.5 Å². The number of carbonyl (C=O) groups excluding carboxylic acids is 2. The van der Waals surface area contributed by atoms with Gasteiger partial charge < -0.3 is 9.47 Å². The molecule has 4 heteroatoms. The summed E-state index contributed by atoms with van der Waals surface area (Å²) >= 11 is 0. The molecule has 0 atom stereocenters. The summed E-state index contributed by atoms with van der Waals surface area (Å²) in [4.78, 5) is 23.8. The van der Waals surface area contributed by atoms with E-state index < -0.39 is 0 Å². The highest BCUT2D eigenvalue weighted by atomic mass is 16.6. The highest BCUT2D eigenvalue weighted by Gasteiger charge is 2.17. The largest absolute Gasteiger partial charge is 0.423 e. The van der Waals surface area contributed by atoms with Gasteiger partial charge in [-0.15, -0.1) is 0 Å². The second kappa shape index (κ2) is 12.5. The molecule has 0 fully saturated rings. The average molecular weight is 348 g/mol. The van der Waals surface area contributed by atoms with E-state index in [0.29, 0.717) is 24.3 Å². The minimum absolute atomic E-state index is 0.284. The average Bonchev–Trinajstić information content (AvgIpc) is 2.57. The molecule has 0 amide bonds. The standard InChI is InChI=1S/C21H32O4/c1-4-7-8-9-10-14-17-15-11-16-18(24-19(22)12-5-2)21(17)25-20(23)13-6-3/h11,15-16H,4-10,12-14H2,1-3H3. The van der Waals surface area contributed by atoms with Gasteiger partial charge >= 0.3 is 11.9 Å². The third kappa shape index (κ3) is 8.19. The Hall–Kier alpha value is -1.84. The lowest BCUT2D eigenvalue weighted by Gasteiger charge is -2.14. The first-order valence-electron chi connectivity index (χ1n) is 9.65. The highest BCUT2D eigenvalue weighted by Crippen LogP contribution is 2.33. The molecular weight excluding hydrogens is 316 g/mol. The fourth-order valence-corrected chi connectivity index (χ4v) is 2.62. The van der Waals surface area contributed by atoms with Crippen LogP contribution in [-0.2, 0) is 16.0 Å². The van der Waals surface area contributed by atoms with Crippen LogP contribution in [0.25, 0.3) is 0 Å². The molecule has 1 rings (SSSR count). The minimum atomic E-state index is -0.296. The van der Waals surface area contributed by atoms with Crippen LogP contribution < -0.4 is 9.47 Å². The van der Waals surface area contributed by atoms with Gasteiger partial charge in [0.15, 0.2) is 11.5 Å². The van der Waals surface area contributed by atoms with Gasteiger partial charge in [-0.25, -0.2) is 0 Å². The van der Waals surface area contributed by atoms with Gasteiger partial charge in [-0.05, 0) is 37.3 Å². The molecule has 0 aliphatic heterocycles. The first-order chi connectivity index (χ1) is 12.1. The second-order valence-corrected chi connectivity index (χ2v) is 6.36. The van der Waals surface area contributed by atoms with Gasteiger partial charge in [0.05, 0.1) is 0 Å². The Morgan fingerprint density at radius 3 is 2.08 bits per heavy atom. The summed E-state index contributed by atoms with van der Waals surface area (Å²) < 4.78 is 11.0. The zero-order valence-electron chi connectivity index (χ0n) is 15.9. The predicted octanol–water partition coefficient (Wildman–Crippen LogP) is 5.61. The van der Waals surface area contributed by atoms with Crippen LogP contribution in [0.3, 0.4) is 0 Å². The summed E-state index contributed by atoms with van der Waals surface area (Å²) in [6.45, 7) is 6.05. The quantitative estimate of drug-likeness (QED) is 0.280. The Morgan fingerprint density at radius 1 is 0.800 bits per heavy atom. The van der Waals surface area contributed by atoms with Gasteiger partial charge in [-0.1, -0.05) is 58.6 Å². The molecule has 0 saturated heterocycles. The fourth-order valence-electron chi connectivity index (χ4n) is 2.62. The number of benzene rings is 1. The third-order valence-electron chi connectivity index (χ3n) is 3.96. The van der Waals surface area contributed by atoms with Gasteiger partial charge in [0.1, 0.15) is 0 Å². The summed E-state index contributed by atoms with van der Waals surface area (Å²) in [6.07, 6.45) is 8.82. The van der Waals surface area contributed by atoms with Crippen molar-refractivity contribution in [2.75, 3.05) is 0 Å². The molecule has 0 spiro atoms. The van der Waals surface area contributed by atoms with Crippen molar-refractivity contribution in [3.8, 4) is 11.5 Å². The van der Waals surface area contributed by atoms with E-state index in [1.807, 2.05) is 26.0 Å². The minimum Gasteiger partial charge on any atom is -0.423 e. The molecule has 0 N–H and O–H groups in total. The van der Waals surface area contributed by atoms with E-state index in [4.69, 9.17) is 9.47 Å². The van der Waals surface area contributed by atoms with E-state index in [2.05, 4.69) is 6.92 Å². The molecule has 140 valence electrons. The second-order valence-electron chi connectivity index (χ2n) is 6.36. The Morgan fingerprint density at radius 2 is 1.44 bits per heavy atom. The fraction of sp³-hybridized carbons (Fsp3) is 0.619. The Kier molecular flexibility index (Phi) is 10.6. The lowest BCUT2D eigenvalue weighted by Crippen LogP contribution is -2.13. The highest BCUT2D eigenvalue weighted by molar-refractivity contribution is 5.76. The number of ether oxygens (including phenoxy) is 2. The molecule has 0 bridgehead atoms. The van der Waals surface area contributed by atoms with Gasteiger partial charge in [0.25, 0.3) is 0 Å². The maximum atomic E-state index is 12.0. The molecule has 0 aliphatic carbocycles. The van der Waals surface area contributed by atoms with Gasteiger partial charge in [0, 0.05) is 12.8 Å². The molecule has 0 unspecified atom stereocenters. The normalized spacial score (nSPS) is 10.5. The van der Waals surface area contributed by atoms with Crippen molar-refractivity contribution in [2.24, 2.45) is 0 Å². The van der Waals surface area contributed by atoms with E-state index >= 15 is 0 Å². The smallest absolute Gasteiger partial charge is 0.311 e. The van der Waals surface area contributed by atoms with Crippen LogP contribution in [0.1, 0.15) is 84.1 Å². The Balaban J connectivity index is 2.88. The first kappa shape index (κ1) is 21.2. The molecular formula is C21H32O4. The number of unbranched alkanes of at least 4 members (excludes halogenated alkanes) is 4. The van der Waals surface area contributed by atoms with E-state index in [1.54, 1.807) is 6.07 Å². The van der Waals surface area contributed by atoms with Crippen molar-refractivity contribution < 1.29 is 19.1 Å². The van der Waals surface area contributed by atoms with Crippen LogP contribution in [0.4, 0.5) is 0 Å². The van der Waals surface area contributed by atoms with Crippen molar-refractivity contribution in [1.82, 2.24) is 0 Å². The van der Waals surface area contributed by atoms with Crippen molar-refractivity contribution in [3.05, 3.63) is 23.8 Å². The lowest BCUT2D eigenvalue weighted by molar-refractivity contribution is -0.137. The molecule has 0 heterocycles. The van der Waals surface area contributed by atoms with Crippen molar-refractivity contribution >= 4 is 11.9 Å². The first-order valence-corrected chi connectivity index (χ1v) is 9.65. The summed E-state index contributed by atoms with van der Waals surface area (Å²) in [5, 5.41) is 0. The number of hydrogen-bond acceptors (Lipinski definition) is 4. The Labute approximate surface area is 151 Å². The van der Waals surface area contributed by atoms with E-state index in [9.17, 15) is 9.59 Å². The van der Waals surface area contributed by atoms with Crippen molar-refractivity contribution in [2.45, 2.75) is 85.0 Å². The van der Waals surface area contributed by atoms with Crippen LogP contribution >= 0.6 is 0 Å². The summed E-state index contributed by atoms with van der Waals surface area (Å²) in [5.41, 5.74) is 0.933. The van der Waals surface area contributed by atoms with Gasteiger partial charge in [-0.2, -0.15) is 0 Å². The molecule has 0 saturated carbocycles. The van der Waals surface area contributed by atoms with Crippen molar-refractivity contribution in [1.29, 1.82) is 0 Å². The van der Waals surface area contributed by atoms with Crippen LogP contribution in [0.15, 0.2) is 18.2 Å². The third-order valence-corrected chi connectivity index (χ3v) is 3.96. The van der Waals surface area contributed by atoms with Crippen molar-refractivity contribution in [3.63, 3.8) is 0 Å². The molecule has 0 aromatic heterocycles. The van der Waals surface area contributed by atoms with Crippen LogP contribution in [-0.4, -0.2) is 11.9 Å². The summed E-state index contributed by atoms with van der Waals surface area (Å²) in [5.74, 6) is 0.193. The van der Waals surface area contributed by atoms with Crippen LogP contribution in [0.2, 0.25) is 0 Å². The van der Waals surface area contributed by atoms with E-state index in [-0.39, 0.29) is 11.9 Å². The summed E-state index contributed by atoms with van der Waals surface area (Å²) in [7, 11) is 0. The van der Waals surface area contributed by atoms with Gasteiger partial charge in [-0.3, -0.25) is 9.59 Å². The monoisotopic (exact) mass is 348 g/mol. The molecule has 0 aliphatic rings. The molecule has 1 aromatic rings. The summed E-state index contributed by atoms with van der Waals surface area (Å²) in [6, 6.07) is 5.50. The van der Waals surface area contributed by atoms with E-state index in [1.165, 1.54) is 19.3 Å². The van der Waals surface area contributed by atoms with E-state index in [0.717, 1.165) is 37.7 Å². The predicted molar refractivity (Wildman–Crippen MR) is 100.0 cm³/mol. The number of para-hydroxylation sites is 1. The number of esters is 2. The zero-order valence-corrected chi connectivity index (χ0v) is 15.9. The maximum Gasteiger partial charge on any atom is 0.311 e. The Bertz CT molecular complexity index is 537. The molecule has 4 nitrogen and oxygen atoms in total. The molecule has 1 aromatic carbocycles. The number of rotatable bonds is 12. The SMILES string of the molecule is CCCCCCCc1cccc(OC(=O)CCC)c1OC(=O)CCC. The zero-order chi connectivity index (χ0) is 18.5. The number of aryl methyl sites for hydroxylation is 1. The topological polar surface area (TPSA) is 52.6 Å². The van der Waals surface area contributed by atoms with Crippen LogP contribution in [0, 0.1) is 0 Å². The lowest BCUT2D eigenvalue weighted by atomic mass is 10.0. The maximum absolute atomic E-state index is 12.0. The van der Waals surface area contributed by atoms with Gasteiger partial charge in [0.2, 0.25) is 0 Å². The molecule has 0 radical (unpaired) electrons.